The van der Waals surface area contributed by atoms with Crippen molar-refractivity contribution >= 4 is 0 Å². The molecule has 0 bridgehead atoms. The van der Waals surface area contributed by atoms with Crippen LogP contribution in [-0.2, 0) is 9.47 Å². The maximum Gasteiger partial charge on any atom is 0.220 e. The molecule has 1 aromatic rings. The molecule has 0 amide bonds. The van der Waals surface area contributed by atoms with Crippen LogP contribution < -0.4 is 9.47 Å². The quantitative estimate of drug-likeness (QED) is 0.553. The summed E-state index contributed by atoms with van der Waals surface area (Å²) in [5, 5.41) is 0. The standard InChI is InChI=1S/C16H24N2O4/c1-5-13(19-7-3)10-21-15-9-16(18-12-17-15)22-11-14(6-2)20-8-4/h7-9,12-14H,3-6,10-11H2,1-2H3. The van der Waals surface area contributed by atoms with E-state index in [1.165, 1.54) is 18.9 Å². The van der Waals surface area contributed by atoms with Crippen molar-refractivity contribution in [2.24, 2.45) is 0 Å². The molecular weight excluding hydrogens is 284 g/mol. The first-order valence-electron chi connectivity index (χ1n) is 7.33. The van der Waals surface area contributed by atoms with Gasteiger partial charge in [-0.25, -0.2) is 9.97 Å². The topological polar surface area (TPSA) is 62.7 Å². The predicted octanol–water partition coefficient (Wildman–Crippen LogP) is 3.11. The average molecular weight is 308 g/mol. The summed E-state index contributed by atoms with van der Waals surface area (Å²) in [6.45, 7) is 11.9. The van der Waals surface area contributed by atoms with Crippen molar-refractivity contribution < 1.29 is 18.9 Å². The Hall–Kier alpha value is -2.24. The molecule has 0 aliphatic rings. The zero-order valence-electron chi connectivity index (χ0n) is 13.2. The van der Waals surface area contributed by atoms with Crippen molar-refractivity contribution in [2.45, 2.75) is 38.9 Å². The highest BCUT2D eigenvalue weighted by Gasteiger charge is 2.10. The number of hydrogen-bond donors (Lipinski definition) is 0. The van der Waals surface area contributed by atoms with E-state index in [1.54, 1.807) is 6.07 Å². The molecule has 6 heteroatoms. The lowest BCUT2D eigenvalue weighted by Gasteiger charge is -2.16. The van der Waals surface area contributed by atoms with E-state index in [1.807, 2.05) is 13.8 Å². The number of aromatic nitrogens is 2. The summed E-state index contributed by atoms with van der Waals surface area (Å²) in [5.41, 5.74) is 0. The molecule has 0 saturated heterocycles. The highest BCUT2D eigenvalue weighted by atomic mass is 16.5. The number of ether oxygens (including phenoxy) is 4. The Bertz CT molecular complexity index is 416. The van der Waals surface area contributed by atoms with Crippen molar-refractivity contribution in [3.8, 4) is 11.8 Å². The fraction of sp³-hybridized carbons (Fsp3) is 0.500. The third-order valence-corrected chi connectivity index (χ3v) is 2.94. The minimum Gasteiger partial charge on any atom is -0.495 e. The van der Waals surface area contributed by atoms with Gasteiger partial charge in [0.05, 0.1) is 18.6 Å². The first-order valence-corrected chi connectivity index (χ1v) is 7.33. The van der Waals surface area contributed by atoms with Crippen LogP contribution in [0.5, 0.6) is 11.8 Å². The molecule has 0 aliphatic heterocycles. The molecule has 1 aromatic heterocycles. The summed E-state index contributed by atoms with van der Waals surface area (Å²) in [7, 11) is 0. The fourth-order valence-corrected chi connectivity index (χ4v) is 1.62. The van der Waals surface area contributed by atoms with Gasteiger partial charge in [0.15, 0.2) is 0 Å². The van der Waals surface area contributed by atoms with Gasteiger partial charge >= 0.3 is 0 Å². The van der Waals surface area contributed by atoms with Crippen LogP contribution in [0.2, 0.25) is 0 Å². The Morgan fingerprint density at radius 2 is 1.41 bits per heavy atom. The molecule has 22 heavy (non-hydrogen) atoms. The van der Waals surface area contributed by atoms with Crippen LogP contribution in [0.15, 0.2) is 38.1 Å². The molecule has 0 N–H and O–H groups in total. The molecule has 1 rings (SSSR count). The summed E-state index contributed by atoms with van der Waals surface area (Å²) in [6, 6.07) is 1.64. The van der Waals surface area contributed by atoms with E-state index >= 15 is 0 Å². The van der Waals surface area contributed by atoms with Crippen LogP contribution in [0, 0.1) is 0 Å². The lowest BCUT2D eigenvalue weighted by atomic mass is 10.3. The molecule has 0 radical (unpaired) electrons. The van der Waals surface area contributed by atoms with E-state index in [0.29, 0.717) is 25.0 Å². The fourth-order valence-electron chi connectivity index (χ4n) is 1.62. The van der Waals surface area contributed by atoms with Crippen LogP contribution >= 0.6 is 0 Å². The van der Waals surface area contributed by atoms with Gasteiger partial charge in [0.25, 0.3) is 0 Å². The van der Waals surface area contributed by atoms with Crippen molar-refractivity contribution in [2.75, 3.05) is 13.2 Å². The minimum absolute atomic E-state index is 0.0534. The number of hydrogen-bond acceptors (Lipinski definition) is 6. The molecule has 0 fully saturated rings. The van der Waals surface area contributed by atoms with Gasteiger partial charge in [-0.15, -0.1) is 0 Å². The summed E-state index contributed by atoms with van der Waals surface area (Å²) < 4.78 is 21.8. The zero-order valence-corrected chi connectivity index (χ0v) is 13.2. The third kappa shape index (κ3) is 6.47. The average Bonchev–Trinajstić information content (AvgIpc) is 2.55. The lowest BCUT2D eigenvalue weighted by Crippen LogP contribution is -2.20. The van der Waals surface area contributed by atoms with Gasteiger partial charge in [0.2, 0.25) is 11.8 Å². The van der Waals surface area contributed by atoms with Crippen molar-refractivity contribution in [3.05, 3.63) is 38.1 Å². The summed E-state index contributed by atoms with van der Waals surface area (Å²) in [4.78, 5) is 8.09. The molecule has 1 heterocycles. The highest BCUT2D eigenvalue weighted by molar-refractivity contribution is 5.18. The smallest absolute Gasteiger partial charge is 0.220 e. The van der Waals surface area contributed by atoms with E-state index in [9.17, 15) is 0 Å². The van der Waals surface area contributed by atoms with E-state index in [2.05, 4.69) is 23.1 Å². The SMILES string of the molecule is C=COC(CC)COc1cc(OCC(CC)OC=C)ncn1. The van der Waals surface area contributed by atoms with Crippen LogP contribution in [-0.4, -0.2) is 35.4 Å². The molecule has 2 atom stereocenters. The lowest BCUT2D eigenvalue weighted by molar-refractivity contribution is 0.0799. The minimum atomic E-state index is -0.0534. The van der Waals surface area contributed by atoms with Crippen LogP contribution in [0.25, 0.3) is 0 Å². The van der Waals surface area contributed by atoms with Gasteiger partial charge in [-0.2, -0.15) is 0 Å². The van der Waals surface area contributed by atoms with Gasteiger partial charge < -0.3 is 18.9 Å². The Morgan fingerprint density at radius 1 is 0.955 bits per heavy atom. The van der Waals surface area contributed by atoms with Crippen molar-refractivity contribution in [3.63, 3.8) is 0 Å². The van der Waals surface area contributed by atoms with Crippen molar-refractivity contribution in [1.82, 2.24) is 9.97 Å². The molecule has 0 aliphatic carbocycles. The second kappa shape index (κ2) is 10.5. The highest BCUT2D eigenvalue weighted by Crippen LogP contribution is 2.15. The van der Waals surface area contributed by atoms with E-state index in [0.717, 1.165) is 12.8 Å². The first kappa shape index (κ1) is 17.8. The summed E-state index contributed by atoms with van der Waals surface area (Å²) in [5.74, 6) is 0.877. The normalized spacial score (nSPS) is 12.8. The first-order chi connectivity index (χ1) is 10.7. The van der Waals surface area contributed by atoms with E-state index in [-0.39, 0.29) is 12.2 Å². The Morgan fingerprint density at radius 3 is 1.77 bits per heavy atom. The van der Waals surface area contributed by atoms with Crippen LogP contribution in [0.1, 0.15) is 26.7 Å². The Balaban J connectivity index is 2.50. The Labute approximate surface area is 131 Å². The number of rotatable bonds is 12. The predicted molar refractivity (Wildman–Crippen MR) is 83.7 cm³/mol. The van der Waals surface area contributed by atoms with Gasteiger partial charge in [-0.05, 0) is 12.8 Å². The largest absolute Gasteiger partial charge is 0.495 e. The second-order valence-electron chi connectivity index (χ2n) is 4.48. The third-order valence-electron chi connectivity index (χ3n) is 2.94. The molecule has 2 unspecified atom stereocenters. The van der Waals surface area contributed by atoms with Crippen LogP contribution in [0.3, 0.4) is 0 Å². The molecule has 6 nitrogen and oxygen atoms in total. The maximum absolute atomic E-state index is 5.58. The van der Waals surface area contributed by atoms with E-state index in [4.69, 9.17) is 18.9 Å². The Kier molecular flexibility index (Phi) is 8.49. The van der Waals surface area contributed by atoms with Gasteiger partial charge in [0, 0.05) is 0 Å². The molecule has 0 spiro atoms. The second-order valence-corrected chi connectivity index (χ2v) is 4.48. The monoisotopic (exact) mass is 308 g/mol. The van der Waals surface area contributed by atoms with E-state index < -0.39 is 0 Å². The van der Waals surface area contributed by atoms with Crippen molar-refractivity contribution in [1.29, 1.82) is 0 Å². The molecule has 0 saturated carbocycles. The molecular formula is C16H24N2O4. The van der Waals surface area contributed by atoms with Crippen LogP contribution in [0.4, 0.5) is 0 Å². The molecule has 0 aromatic carbocycles. The zero-order chi connectivity index (χ0) is 16.2. The summed E-state index contributed by atoms with van der Waals surface area (Å²) in [6.07, 6.45) is 5.75. The molecule has 122 valence electrons. The summed E-state index contributed by atoms with van der Waals surface area (Å²) >= 11 is 0. The maximum atomic E-state index is 5.58. The van der Waals surface area contributed by atoms with Gasteiger partial charge in [0.1, 0.15) is 31.7 Å². The number of nitrogens with zero attached hydrogens (tertiary/aromatic N) is 2. The van der Waals surface area contributed by atoms with Gasteiger partial charge in [-0.3, -0.25) is 0 Å². The van der Waals surface area contributed by atoms with Gasteiger partial charge in [-0.1, -0.05) is 27.0 Å².